The third kappa shape index (κ3) is 9.49. The van der Waals surface area contributed by atoms with Crippen LogP contribution in [0.3, 0.4) is 0 Å². The fourth-order valence-electron chi connectivity index (χ4n) is 2.67. The van der Waals surface area contributed by atoms with Crippen LogP contribution in [0.5, 0.6) is 0 Å². The molecule has 1 saturated heterocycles. The molecule has 26 heavy (non-hydrogen) atoms. The molecule has 0 aliphatic carbocycles. The topological polar surface area (TPSA) is 27.0 Å². The lowest BCUT2D eigenvalue weighted by atomic mass is 9.78. The van der Waals surface area contributed by atoms with Gasteiger partial charge in [-0.3, -0.25) is 4.90 Å². The predicted octanol–water partition coefficient (Wildman–Crippen LogP) is 6.87. The van der Waals surface area contributed by atoms with E-state index in [-0.39, 0.29) is 22.1 Å². The third-order valence-electron chi connectivity index (χ3n) is 4.13. The van der Waals surface area contributed by atoms with Crippen molar-refractivity contribution in [2.45, 2.75) is 70.8 Å². The summed E-state index contributed by atoms with van der Waals surface area (Å²) in [6.45, 7) is 12.8. The summed E-state index contributed by atoms with van der Waals surface area (Å²) in [5, 5.41) is 8.85. The Morgan fingerprint density at radius 3 is 2.00 bits per heavy atom. The van der Waals surface area contributed by atoms with Crippen molar-refractivity contribution in [1.82, 2.24) is 4.90 Å². The van der Waals surface area contributed by atoms with Crippen molar-refractivity contribution in [1.29, 1.82) is 5.26 Å². The van der Waals surface area contributed by atoms with Crippen LogP contribution >= 0.6 is 11.8 Å². The molecule has 0 amide bonds. The maximum absolute atomic E-state index is 12.3. The minimum atomic E-state index is -4.24. The number of alkyl halides is 3. The van der Waals surface area contributed by atoms with Crippen LogP contribution in [0.25, 0.3) is 0 Å². The van der Waals surface area contributed by atoms with Crippen molar-refractivity contribution >= 4 is 11.8 Å². The van der Waals surface area contributed by atoms with Gasteiger partial charge in [-0.05, 0) is 60.8 Å². The van der Waals surface area contributed by atoms with Crippen molar-refractivity contribution in [3.63, 3.8) is 0 Å². The van der Waals surface area contributed by atoms with Crippen LogP contribution in [-0.4, -0.2) is 23.5 Å². The number of hydrogen-bond acceptors (Lipinski definition) is 3. The van der Waals surface area contributed by atoms with Crippen molar-refractivity contribution < 1.29 is 13.2 Å². The van der Waals surface area contributed by atoms with E-state index in [2.05, 4.69) is 17.9 Å². The number of nitriles is 1. The van der Waals surface area contributed by atoms with Crippen LogP contribution in [0, 0.1) is 16.7 Å². The molecule has 0 saturated carbocycles. The Labute approximate surface area is 160 Å². The summed E-state index contributed by atoms with van der Waals surface area (Å²) in [4.78, 5) is 2.52. The van der Waals surface area contributed by atoms with E-state index in [0.29, 0.717) is 6.42 Å². The number of benzene rings is 1. The second-order valence-corrected chi connectivity index (χ2v) is 7.25. The average molecular weight is 389 g/mol. The fraction of sp³-hybridized carbons (Fsp3) is 0.650. The Morgan fingerprint density at radius 1 is 1.08 bits per heavy atom. The normalized spacial score (nSPS) is 16.4. The number of piperidine rings is 1. The van der Waals surface area contributed by atoms with Gasteiger partial charge in [0.2, 0.25) is 0 Å². The molecule has 0 bridgehead atoms. The minimum Gasteiger partial charge on any atom is -0.299 e. The molecule has 148 valence electrons. The summed E-state index contributed by atoms with van der Waals surface area (Å²) < 4.78 is 36.8. The highest BCUT2D eigenvalue weighted by Crippen LogP contribution is 2.37. The zero-order chi connectivity index (χ0) is 20.2. The number of rotatable bonds is 4. The number of nitrogens with zero attached hydrogens (tertiary/aromatic N) is 2. The van der Waals surface area contributed by atoms with Crippen LogP contribution in [0.2, 0.25) is 0 Å². The molecule has 1 aliphatic rings. The molecule has 0 unspecified atom stereocenters. The molecule has 0 spiro atoms. The SMILES string of the molecule is CC.CC.CC1(CC#N)CCN(Cc2ccc(SC(F)(F)F)cc2)CC1. The molecule has 6 heteroatoms. The van der Waals surface area contributed by atoms with Gasteiger partial charge in [0.25, 0.3) is 0 Å². The molecule has 1 aromatic rings. The zero-order valence-corrected chi connectivity index (χ0v) is 17.3. The molecule has 2 rings (SSSR count). The van der Waals surface area contributed by atoms with Gasteiger partial charge in [0.05, 0.1) is 6.07 Å². The Bertz CT molecular complexity index is 527. The van der Waals surface area contributed by atoms with Gasteiger partial charge in [0.1, 0.15) is 0 Å². The highest BCUT2D eigenvalue weighted by molar-refractivity contribution is 8.00. The molecule has 0 N–H and O–H groups in total. The molecule has 1 fully saturated rings. The summed E-state index contributed by atoms with van der Waals surface area (Å²) in [7, 11) is 0. The lowest BCUT2D eigenvalue weighted by Crippen LogP contribution is -2.38. The van der Waals surface area contributed by atoms with E-state index in [1.165, 1.54) is 12.1 Å². The lowest BCUT2D eigenvalue weighted by Gasteiger charge is -2.38. The molecule has 0 aromatic heterocycles. The summed E-state index contributed by atoms with van der Waals surface area (Å²) in [6.07, 6.45) is 2.56. The highest BCUT2D eigenvalue weighted by atomic mass is 32.2. The largest absolute Gasteiger partial charge is 0.446 e. The van der Waals surface area contributed by atoms with Gasteiger partial charge < -0.3 is 0 Å². The Morgan fingerprint density at radius 2 is 1.58 bits per heavy atom. The number of thioether (sulfide) groups is 1. The molecule has 0 radical (unpaired) electrons. The number of halogens is 3. The molecule has 1 aromatic carbocycles. The van der Waals surface area contributed by atoms with E-state index < -0.39 is 5.51 Å². The average Bonchev–Trinajstić information content (AvgIpc) is 2.61. The smallest absolute Gasteiger partial charge is 0.299 e. The van der Waals surface area contributed by atoms with Gasteiger partial charge >= 0.3 is 5.51 Å². The van der Waals surface area contributed by atoms with Gasteiger partial charge in [-0.25, -0.2) is 0 Å². The van der Waals surface area contributed by atoms with Crippen LogP contribution in [-0.2, 0) is 6.54 Å². The summed E-state index contributed by atoms with van der Waals surface area (Å²) in [5.74, 6) is 0. The number of likely N-dealkylation sites (tertiary alicyclic amines) is 1. The second-order valence-electron chi connectivity index (χ2n) is 6.11. The van der Waals surface area contributed by atoms with Crippen molar-refractivity contribution in [2.75, 3.05) is 13.1 Å². The van der Waals surface area contributed by atoms with E-state index >= 15 is 0 Å². The quantitative estimate of drug-likeness (QED) is 0.527. The van der Waals surface area contributed by atoms with Crippen molar-refractivity contribution in [2.24, 2.45) is 5.41 Å². The molecular weight excluding hydrogens is 357 g/mol. The fourth-order valence-corrected chi connectivity index (χ4v) is 3.21. The first-order chi connectivity index (χ1) is 12.3. The first kappa shape index (κ1) is 24.8. The molecule has 1 heterocycles. The maximum Gasteiger partial charge on any atom is 0.446 e. The van der Waals surface area contributed by atoms with Gasteiger partial charge in [-0.15, -0.1) is 0 Å². The summed E-state index contributed by atoms with van der Waals surface area (Å²) in [5.41, 5.74) is -3.10. The monoisotopic (exact) mass is 388 g/mol. The van der Waals surface area contributed by atoms with Crippen LogP contribution < -0.4 is 0 Å². The van der Waals surface area contributed by atoms with E-state index in [0.717, 1.165) is 38.0 Å². The predicted molar refractivity (Wildman–Crippen MR) is 104 cm³/mol. The summed E-state index contributed by atoms with van der Waals surface area (Å²) >= 11 is -0.0835. The first-order valence-electron chi connectivity index (χ1n) is 9.24. The Kier molecular flexibility index (Phi) is 11.7. The molecule has 0 atom stereocenters. The van der Waals surface area contributed by atoms with E-state index in [1.54, 1.807) is 12.1 Å². The van der Waals surface area contributed by atoms with Gasteiger partial charge in [0.15, 0.2) is 0 Å². The Balaban J connectivity index is 0.00000146. The van der Waals surface area contributed by atoms with Gasteiger partial charge in [-0.1, -0.05) is 46.8 Å². The highest BCUT2D eigenvalue weighted by Gasteiger charge is 2.30. The molecule has 2 nitrogen and oxygen atoms in total. The van der Waals surface area contributed by atoms with Crippen molar-refractivity contribution in [3.8, 4) is 6.07 Å². The first-order valence-corrected chi connectivity index (χ1v) is 10.1. The van der Waals surface area contributed by atoms with Crippen LogP contribution in [0.1, 0.15) is 59.4 Å². The molecular formula is C20H31F3N2S. The van der Waals surface area contributed by atoms with Crippen LogP contribution in [0.15, 0.2) is 29.2 Å². The molecule has 1 aliphatic heterocycles. The minimum absolute atomic E-state index is 0.0835. The maximum atomic E-state index is 12.3. The van der Waals surface area contributed by atoms with Gasteiger partial charge in [0, 0.05) is 17.9 Å². The van der Waals surface area contributed by atoms with Crippen LogP contribution in [0.4, 0.5) is 13.2 Å². The van der Waals surface area contributed by atoms with Gasteiger partial charge in [-0.2, -0.15) is 18.4 Å². The standard InChI is InChI=1S/C16H19F3N2S.2C2H6/c1-15(6-9-20)7-10-21(11-8-15)12-13-2-4-14(5-3-13)22-16(17,18)19;2*1-2/h2-5H,6-8,10-12H2,1H3;2*1-2H3. The second kappa shape index (κ2) is 12.2. The zero-order valence-electron chi connectivity index (χ0n) is 16.5. The van der Waals surface area contributed by atoms with E-state index in [9.17, 15) is 13.2 Å². The summed E-state index contributed by atoms with van der Waals surface area (Å²) in [6, 6.07) is 8.83. The van der Waals surface area contributed by atoms with E-state index in [1.807, 2.05) is 27.7 Å². The van der Waals surface area contributed by atoms with Crippen molar-refractivity contribution in [3.05, 3.63) is 29.8 Å². The number of hydrogen-bond donors (Lipinski definition) is 0. The lowest BCUT2D eigenvalue weighted by molar-refractivity contribution is -0.0328. The Hall–Kier alpha value is -1.19. The van der Waals surface area contributed by atoms with E-state index in [4.69, 9.17) is 5.26 Å². The third-order valence-corrected chi connectivity index (χ3v) is 4.87.